The van der Waals surface area contributed by atoms with Gasteiger partial charge in [0, 0.05) is 13.0 Å². The van der Waals surface area contributed by atoms with Crippen molar-refractivity contribution in [2.24, 2.45) is 0 Å². The molecule has 15 heteroatoms. The zero-order valence-electron chi connectivity index (χ0n) is 21.9. The van der Waals surface area contributed by atoms with Gasteiger partial charge in [-0.1, -0.05) is 0 Å². The first kappa shape index (κ1) is 30.8. The SMILES string of the molecule is COc1ccc(C)[n+]([O-])c1-c1ccc(C(F)(F)F)cc1CN1C(=O)O[C@H](c2cc(C(F)(F)F)cc(C(F)(F)F)c2)[C@@H]1C. The molecule has 6 nitrogen and oxygen atoms in total. The molecule has 1 aliphatic rings. The molecule has 2 aromatic carbocycles. The number of benzene rings is 2. The lowest BCUT2D eigenvalue weighted by Gasteiger charge is -2.24. The van der Waals surface area contributed by atoms with E-state index >= 15 is 0 Å². The maximum Gasteiger partial charge on any atom is 0.416 e. The third-order valence-electron chi connectivity index (χ3n) is 6.81. The summed E-state index contributed by atoms with van der Waals surface area (Å²) in [4.78, 5) is 13.7. The second-order valence-corrected chi connectivity index (χ2v) is 9.57. The molecule has 1 aromatic heterocycles. The fourth-order valence-corrected chi connectivity index (χ4v) is 4.64. The third kappa shape index (κ3) is 5.90. The van der Waals surface area contributed by atoms with Crippen LogP contribution in [0, 0.1) is 12.1 Å². The molecule has 1 fully saturated rings. The molecule has 0 N–H and O–H groups in total. The van der Waals surface area contributed by atoms with E-state index in [1.807, 2.05) is 0 Å². The first-order valence-electron chi connectivity index (χ1n) is 12.1. The van der Waals surface area contributed by atoms with Crippen LogP contribution in [0.15, 0.2) is 48.5 Å². The Kier molecular flexibility index (Phi) is 7.76. The number of nitrogens with zero attached hydrogens (tertiary/aromatic N) is 2. The monoisotopic (exact) mass is 608 g/mol. The Labute approximate surface area is 232 Å². The molecule has 1 amide bonds. The van der Waals surface area contributed by atoms with Gasteiger partial charge in [-0.15, -0.1) is 0 Å². The van der Waals surface area contributed by atoms with Crippen molar-refractivity contribution in [1.29, 1.82) is 0 Å². The number of methoxy groups -OCH3 is 1. The molecule has 2 heterocycles. The van der Waals surface area contributed by atoms with Crippen molar-refractivity contribution in [2.45, 2.75) is 51.1 Å². The van der Waals surface area contributed by atoms with Gasteiger partial charge in [-0.3, -0.25) is 4.90 Å². The second-order valence-electron chi connectivity index (χ2n) is 9.57. The number of amides is 1. The fourth-order valence-electron chi connectivity index (χ4n) is 4.64. The van der Waals surface area contributed by atoms with Gasteiger partial charge < -0.3 is 14.7 Å². The summed E-state index contributed by atoms with van der Waals surface area (Å²) in [5.74, 6) is -0.00446. The van der Waals surface area contributed by atoms with Gasteiger partial charge in [0.15, 0.2) is 11.4 Å². The number of aryl methyl sites for hydroxylation is 1. The molecule has 0 spiro atoms. The van der Waals surface area contributed by atoms with Gasteiger partial charge in [-0.05, 0) is 60.5 Å². The van der Waals surface area contributed by atoms with E-state index in [2.05, 4.69) is 0 Å². The maximum absolute atomic E-state index is 13.6. The van der Waals surface area contributed by atoms with Gasteiger partial charge in [-0.25, -0.2) is 4.79 Å². The molecule has 2 atom stereocenters. The Hall–Kier alpha value is -4.17. The van der Waals surface area contributed by atoms with Crippen molar-refractivity contribution < 1.29 is 58.5 Å². The normalized spacial score (nSPS) is 17.9. The van der Waals surface area contributed by atoms with Crippen LogP contribution in [0.3, 0.4) is 0 Å². The van der Waals surface area contributed by atoms with Crippen LogP contribution in [0.1, 0.15) is 46.5 Å². The summed E-state index contributed by atoms with van der Waals surface area (Å²) in [6.45, 7) is 2.06. The van der Waals surface area contributed by atoms with Crippen LogP contribution >= 0.6 is 0 Å². The predicted molar refractivity (Wildman–Crippen MR) is 128 cm³/mol. The lowest BCUT2D eigenvalue weighted by atomic mass is 9.96. The number of halogens is 9. The van der Waals surface area contributed by atoms with Crippen molar-refractivity contribution >= 4 is 6.09 Å². The molecule has 4 rings (SSSR count). The molecule has 42 heavy (non-hydrogen) atoms. The molecule has 0 aliphatic carbocycles. The lowest BCUT2D eigenvalue weighted by Crippen LogP contribution is -2.35. The summed E-state index contributed by atoms with van der Waals surface area (Å²) in [5, 5.41) is 12.9. The minimum Gasteiger partial charge on any atom is -0.618 e. The standard InChI is InChI=1S/C27H21F9N2O4/c1-13-4-7-21(41-3)22(38(13)40)20-6-5-17(25(28,29)30)10-16(20)12-37-14(2)23(42-24(37)39)15-8-18(26(31,32)33)11-19(9-15)27(34,35)36/h4-11,14,23H,12H2,1-3H3/t14-,23-/m0/s1. The highest BCUT2D eigenvalue weighted by atomic mass is 19.4. The van der Waals surface area contributed by atoms with E-state index in [4.69, 9.17) is 9.47 Å². The highest BCUT2D eigenvalue weighted by Crippen LogP contribution is 2.42. The third-order valence-corrected chi connectivity index (χ3v) is 6.81. The van der Waals surface area contributed by atoms with Gasteiger partial charge >= 0.3 is 24.6 Å². The Morgan fingerprint density at radius 1 is 0.881 bits per heavy atom. The van der Waals surface area contributed by atoms with Crippen molar-refractivity contribution in [3.05, 3.63) is 87.2 Å². The first-order chi connectivity index (χ1) is 19.3. The van der Waals surface area contributed by atoms with Gasteiger partial charge in [0.2, 0.25) is 0 Å². The number of cyclic esters (lactones) is 1. The molecule has 1 saturated heterocycles. The number of aromatic nitrogens is 1. The molecule has 226 valence electrons. The van der Waals surface area contributed by atoms with Gasteiger partial charge in [0.1, 0.15) is 6.10 Å². The Bertz CT molecular complexity index is 1480. The average molecular weight is 608 g/mol. The fraction of sp³-hybridized carbons (Fsp3) is 0.333. The van der Waals surface area contributed by atoms with Gasteiger partial charge in [0.25, 0.3) is 5.69 Å². The molecule has 1 aliphatic heterocycles. The minimum absolute atomic E-state index is 0.00446. The number of carbonyl (C=O) groups is 1. The number of hydrogen-bond acceptors (Lipinski definition) is 4. The van der Waals surface area contributed by atoms with Crippen molar-refractivity contribution in [1.82, 2.24) is 4.90 Å². The summed E-state index contributed by atoms with van der Waals surface area (Å²) in [7, 11) is 1.23. The molecular formula is C27H21F9N2O4. The van der Waals surface area contributed by atoms with Crippen LogP contribution in [0.4, 0.5) is 44.3 Å². The lowest BCUT2D eigenvalue weighted by molar-refractivity contribution is -0.601. The van der Waals surface area contributed by atoms with Crippen LogP contribution < -0.4 is 9.47 Å². The van der Waals surface area contributed by atoms with Crippen LogP contribution in [0.2, 0.25) is 0 Å². The molecular weight excluding hydrogens is 587 g/mol. The summed E-state index contributed by atoms with van der Waals surface area (Å²) in [6.07, 6.45) is -18.0. The van der Waals surface area contributed by atoms with E-state index in [9.17, 15) is 49.5 Å². The molecule has 0 saturated carbocycles. The molecule has 0 bridgehead atoms. The summed E-state index contributed by atoms with van der Waals surface area (Å²) < 4.78 is 132. The highest BCUT2D eigenvalue weighted by molar-refractivity contribution is 5.73. The highest BCUT2D eigenvalue weighted by Gasteiger charge is 2.44. The number of hydrogen-bond donors (Lipinski definition) is 0. The number of carbonyl (C=O) groups excluding carboxylic acids is 1. The smallest absolute Gasteiger partial charge is 0.416 e. The Balaban J connectivity index is 1.81. The van der Waals surface area contributed by atoms with Crippen LogP contribution in [-0.4, -0.2) is 24.1 Å². The minimum atomic E-state index is -5.16. The predicted octanol–water partition coefficient (Wildman–Crippen LogP) is 7.44. The zero-order chi connectivity index (χ0) is 31.4. The number of alkyl halides is 9. The van der Waals surface area contributed by atoms with E-state index in [-0.39, 0.29) is 34.3 Å². The van der Waals surface area contributed by atoms with Crippen LogP contribution in [0.5, 0.6) is 5.75 Å². The zero-order valence-corrected chi connectivity index (χ0v) is 21.9. The Morgan fingerprint density at radius 2 is 1.45 bits per heavy atom. The molecule has 0 unspecified atom stereocenters. The number of pyridine rings is 1. The van der Waals surface area contributed by atoms with E-state index in [1.54, 1.807) is 0 Å². The van der Waals surface area contributed by atoms with Gasteiger partial charge in [0.05, 0.1) is 42.0 Å². The van der Waals surface area contributed by atoms with Crippen molar-refractivity contribution in [2.75, 3.05) is 7.11 Å². The summed E-state index contributed by atoms with van der Waals surface area (Å²) >= 11 is 0. The second kappa shape index (κ2) is 10.6. The number of ether oxygens (including phenoxy) is 2. The largest absolute Gasteiger partial charge is 0.618 e. The summed E-state index contributed by atoms with van der Waals surface area (Å²) in [6, 6.07) is 4.77. The first-order valence-corrected chi connectivity index (χ1v) is 12.1. The molecule has 3 aromatic rings. The Morgan fingerprint density at radius 3 is 1.98 bits per heavy atom. The van der Waals surface area contributed by atoms with E-state index in [0.717, 1.165) is 17.0 Å². The van der Waals surface area contributed by atoms with Crippen molar-refractivity contribution in [3.8, 4) is 17.0 Å². The van der Waals surface area contributed by atoms with E-state index in [0.29, 0.717) is 22.9 Å². The summed E-state index contributed by atoms with van der Waals surface area (Å²) in [5.41, 5.74) is -5.26. The van der Waals surface area contributed by atoms with Crippen molar-refractivity contribution in [3.63, 3.8) is 0 Å². The maximum atomic E-state index is 13.6. The van der Waals surface area contributed by atoms with Crippen LogP contribution in [0.25, 0.3) is 11.3 Å². The van der Waals surface area contributed by atoms with Crippen LogP contribution in [-0.2, 0) is 29.8 Å². The van der Waals surface area contributed by atoms with E-state index < -0.39 is 65.6 Å². The topological polar surface area (TPSA) is 65.7 Å². The number of rotatable bonds is 5. The quantitative estimate of drug-likeness (QED) is 0.172. The molecule has 0 radical (unpaired) electrons. The average Bonchev–Trinajstić information content (AvgIpc) is 3.17. The van der Waals surface area contributed by atoms with E-state index in [1.165, 1.54) is 33.1 Å². The van der Waals surface area contributed by atoms with Gasteiger partial charge in [-0.2, -0.15) is 44.2 Å².